The lowest BCUT2D eigenvalue weighted by atomic mass is 10.1. The molecule has 5 nitrogen and oxygen atoms in total. The lowest BCUT2D eigenvalue weighted by Crippen LogP contribution is -3.28. The monoisotopic (exact) mass is 344 g/mol. The van der Waals surface area contributed by atoms with E-state index in [1.54, 1.807) is 0 Å². The van der Waals surface area contributed by atoms with E-state index in [0.717, 1.165) is 54.6 Å². The van der Waals surface area contributed by atoms with E-state index < -0.39 is 6.10 Å². The van der Waals surface area contributed by atoms with Gasteiger partial charge in [-0.2, -0.15) is 0 Å². The van der Waals surface area contributed by atoms with Crippen LogP contribution in [0.4, 0.5) is 0 Å². The number of benzene rings is 1. The second kappa shape index (κ2) is 8.85. The van der Waals surface area contributed by atoms with Gasteiger partial charge in [-0.05, 0) is 37.1 Å². The van der Waals surface area contributed by atoms with Crippen LogP contribution in [0.15, 0.2) is 12.1 Å². The number of hydrogen-bond acceptors (Lipinski definition) is 3. The summed E-state index contributed by atoms with van der Waals surface area (Å²) < 4.78 is 5.73. The average Bonchev–Trinajstić information content (AvgIpc) is 2.52. The summed E-state index contributed by atoms with van der Waals surface area (Å²) in [5.41, 5.74) is 1.98. The Kier molecular flexibility index (Phi) is 7.11. The van der Waals surface area contributed by atoms with Gasteiger partial charge in [0.15, 0.2) is 0 Å². The number of nitrogens with one attached hydrogen (secondary N) is 2. The number of rotatable bonds is 7. The molecule has 1 heterocycles. The van der Waals surface area contributed by atoms with Gasteiger partial charge >= 0.3 is 0 Å². The van der Waals surface area contributed by atoms with Gasteiger partial charge in [-0.3, -0.25) is 0 Å². The molecule has 1 atom stereocenters. The Hall–Kier alpha value is -0.850. The molecule has 1 saturated heterocycles. The second-order valence-electron chi connectivity index (χ2n) is 6.51. The van der Waals surface area contributed by atoms with Crippen molar-refractivity contribution in [2.24, 2.45) is 0 Å². The molecule has 23 heavy (non-hydrogen) atoms. The first kappa shape index (κ1) is 18.5. The Morgan fingerprint density at radius 3 is 2.26 bits per heavy atom. The molecule has 1 aliphatic heterocycles. The van der Waals surface area contributed by atoms with E-state index in [1.165, 1.54) is 9.80 Å². The highest BCUT2D eigenvalue weighted by Gasteiger charge is 2.24. The van der Waals surface area contributed by atoms with Crippen molar-refractivity contribution in [3.8, 4) is 5.75 Å². The molecule has 0 aromatic heterocycles. The minimum absolute atomic E-state index is 0.251. The van der Waals surface area contributed by atoms with E-state index in [4.69, 9.17) is 21.4 Å². The fourth-order valence-corrected chi connectivity index (χ4v) is 3.25. The number of ether oxygens (including phenoxy) is 1. The molecule has 0 aliphatic carbocycles. The number of aliphatic hydroxyl groups excluding tert-OH is 2. The van der Waals surface area contributed by atoms with Crippen molar-refractivity contribution >= 4 is 11.6 Å². The quantitative estimate of drug-likeness (QED) is 0.485. The SMILES string of the molecule is Cc1cc(OCC(O)C[NH+]2CC[NH+](CCO)CC2)cc(C)c1Cl. The molecule has 1 fully saturated rings. The molecule has 0 spiro atoms. The first-order valence-corrected chi connectivity index (χ1v) is 8.73. The lowest BCUT2D eigenvalue weighted by molar-refractivity contribution is -1.01. The van der Waals surface area contributed by atoms with Crippen LogP contribution in [-0.2, 0) is 0 Å². The average molecular weight is 345 g/mol. The van der Waals surface area contributed by atoms with Gasteiger partial charge in [0.1, 0.15) is 57.7 Å². The van der Waals surface area contributed by atoms with Gasteiger partial charge in [-0.1, -0.05) is 11.6 Å². The van der Waals surface area contributed by atoms with Crippen molar-refractivity contribution in [3.05, 3.63) is 28.3 Å². The minimum Gasteiger partial charge on any atom is -0.491 e. The van der Waals surface area contributed by atoms with Gasteiger partial charge in [0.2, 0.25) is 0 Å². The highest BCUT2D eigenvalue weighted by molar-refractivity contribution is 6.32. The summed E-state index contributed by atoms with van der Waals surface area (Å²) in [6, 6.07) is 3.82. The smallest absolute Gasteiger partial charge is 0.137 e. The van der Waals surface area contributed by atoms with Gasteiger partial charge < -0.3 is 24.7 Å². The minimum atomic E-state index is -0.472. The summed E-state index contributed by atoms with van der Waals surface area (Å²) in [6.07, 6.45) is -0.472. The van der Waals surface area contributed by atoms with E-state index in [9.17, 15) is 5.11 Å². The number of piperazine rings is 1. The Bertz CT molecular complexity index is 482. The maximum absolute atomic E-state index is 10.2. The van der Waals surface area contributed by atoms with Gasteiger partial charge in [-0.15, -0.1) is 0 Å². The molecular weight excluding hydrogens is 316 g/mol. The van der Waals surface area contributed by atoms with Crippen LogP contribution in [0.1, 0.15) is 11.1 Å². The molecule has 1 aliphatic rings. The van der Waals surface area contributed by atoms with Crippen molar-refractivity contribution in [2.45, 2.75) is 20.0 Å². The molecule has 0 bridgehead atoms. The van der Waals surface area contributed by atoms with E-state index in [-0.39, 0.29) is 6.61 Å². The largest absolute Gasteiger partial charge is 0.491 e. The Morgan fingerprint density at radius 2 is 1.70 bits per heavy atom. The molecule has 130 valence electrons. The van der Waals surface area contributed by atoms with Crippen LogP contribution in [0.5, 0.6) is 5.75 Å². The topological polar surface area (TPSA) is 58.6 Å². The number of halogens is 1. The zero-order valence-electron chi connectivity index (χ0n) is 14.1. The molecule has 2 rings (SSSR count). The molecule has 0 amide bonds. The van der Waals surface area contributed by atoms with E-state index >= 15 is 0 Å². The van der Waals surface area contributed by atoms with Crippen LogP contribution < -0.4 is 14.5 Å². The number of aryl methyl sites for hydroxylation is 2. The Morgan fingerprint density at radius 1 is 1.13 bits per heavy atom. The Balaban J connectivity index is 1.74. The fourth-order valence-electron chi connectivity index (χ4n) is 3.14. The fraction of sp³-hybridized carbons (Fsp3) is 0.647. The predicted molar refractivity (Wildman–Crippen MR) is 90.6 cm³/mol. The highest BCUT2D eigenvalue weighted by Crippen LogP contribution is 2.25. The number of hydrogen-bond donors (Lipinski definition) is 4. The summed E-state index contributed by atoms with van der Waals surface area (Å²) in [5.74, 6) is 0.760. The Labute approximate surface area is 143 Å². The molecule has 1 unspecified atom stereocenters. The maximum Gasteiger partial charge on any atom is 0.137 e. The third-order valence-electron chi connectivity index (χ3n) is 4.51. The van der Waals surface area contributed by atoms with Crippen molar-refractivity contribution in [1.29, 1.82) is 0 Å². The summed E-state index contributed by atoms with van der Waals surface area (Å²) in [4.78, 5) is 2.86. The van der Waals surface area contributed by atoms with Gasteiger partial charge in [0.25, 0.3) is 0 Å². The summed E-state index contributed by atoms with van der Waals surface area (Å²) in [6.45, 7) is 10.2. The number of aliphatic hydroxyl groups is 2. The van der Waals surface area contributed by atoms with Crippen molar-refractivity contribution < 1.29 is 24.7 Å². The summed E-state index contributed by atoms with van der Waals surface area (Å²) in [7, 11) is 0. The van der Waals surface area contributed by atoms with Crippen LogP contribution in [0.25, 0.3) is 0 Å². The molecule has 6 heteroatoms. The van der Waals surface area contributed by atoms with Crippen molar-refractivity contribution in [2.75, 3.05) is 52.5 Å². The van der Waals surface area contributed by atoms with Gasteiger partial charge in [0, 0.05) is 5.02 Å². The standard InChI is InChI=1S/C17H27ClN2O3/c1-13-9-16(10-14(2)17(13)18)23-12-15(22)11-20-5-3-19(4-6-20)7-8-21/h9-10,15,21-22H,3-8,11-12H2,1-2H3/p+2. The van der Waals surface area contributed by atoms with Crippen molar-refractivity contribution in [1.82, 2.24) is 0 Å². The lowest BCUT2D eigenvalue weighted by Gasteiger charge is -2.30. The van der Waals surface area contributed by atoms with Crippen LogP contribution in [0.3, 0.4) is 0 Å². The second-order valence-corrected chi connectivity index (χ2v) is 6.89. The molecule has 0 saturated carbocycles. The molecular formula is C17H29ClN2O3+2. The third kappa shape index (κ3) is 5.62. The molecule has 4 N–H and O–H groups in total. The number of quaternary nitrogens is 2. The zero-order chi connectivity index (χ0) is 16.8. The van der Waals surface area contributed by atoms with E-state index in [0.29, 0.717) is 13.2 Å². The summed E-state index contributed by atoms with van der Waals surface area (Å²) in [5, 5.41) is 19.9. The van der Waals surface area contributed by atoms with Gasteiger partial charge in [0.05, 0.1) is 6.61 Å². The molecule has 0 radical (unpaired) electrons. The van der Waals surface area contributed by atoms with Crippen LogP contribution in [-0.4, -0.2) is 68.8 Å². The van der Waals surface area contributed by atoms with Crippen LogP contribution >= 0.6 is 11.6 Å². The first-order valence-electron chi connectivity index (χ1n) is 8.35. The van der Waals surface area contributed by atoms with Crippen LogP contribution in [0.2, 0.25) is 5.02 Å². The van der Waals surface area contributed by atoms with Crippen molar-refractivity contribution in [3.63, 3.8) is 0 Å². The highest BCUT2D eigenvalue weighted by atomic mass is 35.5. The zero-order valence-corrected chi connectivity index (χ0v) is 14.8. The molecule has 1 aromatic carbocycles. The maximum atomic E-state index is 10.2. The van der Waals surface area contributed by atoms with E-state index in [1.807, 2.05) is 26.0 Å². The van der Waals surface area contributed by atoms with E-state index in [2.05, 4.69) is 0 Å². The van der Waals surface area contributed by atoms with Gasteiger partial charge in [-0.25, -0.2) is 0 Å². The predicted octanol–water partition coefficient (Wildman–Crippen LogP) is -1.53. The third-order valence-corrected chi connectivity index (χ3v) is 5.10. The first-order chi connectivity index (χ1) is 11.0. The normalized spacial score (nSPS) is 22.8. The molecule has 1 aromatic rings. The summed E-state index contributed by atoms with van der Waals surface area (Å²) >= 11 is 6.15. The van der Waals surface area contributed by atoms with Crippen LogP contribution in [0, 0.1) is 13.8 Å².